The van der Waals surface area contributed by atoms with Crippen molar-refractivity contribution in [3.05, 3.63) is 23.3 Å². The number of benzene rings is 1. The molecule has 0 bridgehead atoms. The largest absolute Gasteiger partial charge is 0.493 e. The Kier molecular flexibility index (Phi) is 5.67. The summed E-state index contributed by atoms with van der Waals surface area (Å²) in [6.45, 7) is 6.63. The van der Waals surface area contributed by atoms with Crippen LogP contribution in [0.5, 0.6) is 11.5 Å². The van der Waals surface area contributed by atoms with Crippen LogP contribution >= 0.6 is 0 Å². The third kappa shape index (κ3) is 4.47. The summed E-state index contributed by atoms with van der Waals surface area (Å²) in [6, 6.07) is 3.23. The number of rotatable bonds is 7. The Bertz CT molecular complexity index is 438. The highest BCUT2D eigenvalue weighted by atomic mass is 16.5. The fourth-order valence-corrected chi connectivity index (χ4v) is 1.84. The molecule has 0 heterocycles. The van der Waals surface area contributed by atoms with Crippen LogP contribution < -0.4 is 9.47 Å². The van der Waals surface area contributed by atoms with Crippen LogP contribution in [0, 0.1) is 12.8 Å². The van der Waals surface area contributed by atoms with Gasteiger partial charge in [-0.1, -0.05) is 13.8 Å². The number of ether oxygens (including phenoxy) is 2. The highest BCUT2D eigenvalue weighted by Crippen LogP contribution is 2.30. The lowest BCUT2D eigenvalue weighted by Crippen LogP contribution is -2.05. The van der Waals surface area contributed by atoms with E-state index in [4.69, 9.17) is 14.6 Å². The minimum absolute atomic E-state index is 0.250. The first-order chi connectivity index (χ1) is 8.95. The monoisotopic (exact) mass is 266 g/mol. The smallest absolute Gasteiger partial charge is 0.336 e. The van der Waals surface area contributed by atoms with Gasteiger partial charge in [-0.05, 0) is 43.4 Å². The van der Waals surface area contributed by atoms with E-state index in [1.807, 2.05) is 0 Å². The van der Waals surface area contributed by atoms with Gasteiger partial charge in [0.2, 0.25) is 0 Å². The molecule has 0 atom stereocenters. The number of hydrogen-bond donors (Lipinski definition) is 1. The molecule has 4 nitrogen and oxygen atoms in total. The second-order valence-electron chi connectivity index (χ2n) is 5.01. The number of aromatic carboxylic acids is 1. The fourth-order valence-electron chi connectivity index (χ4n) is 1.84. The molecule has 0 saturated carbocycles. The second-order valence-corrected chi connectivity index (χ2v) is 5.01. The first-order valence-electron chi connectivity index (χ1n) is 6.50. The zero-order valence-electron chi connectivity index (χ0n) is 12.0. The van der Waals surface area contributed by atoms with Crippen LogP contribution in [0.1, 0.15) is 42.6 Å². The van der Waals surface area contributed by atoms with Crippen LogP contribution in [-0.4, -0.2) is 24.8 Å². The van der Waals surface area contributed by atoms with Crippen molar-refractivity contribution in [3.8, 4) is 11.5 Å². The van der Waals surface area contributed by atoms with Gasteiger partial charge in [0.1, 0.15) is 0 Å². The van der Waals surface area contributed by atoms with Gasteiger partial charge in [-0.25, -0.2) is 4.79 Å². The van der Waals surface area contributed by atoms with Gasteiger partial charge in [0.15, 0.2) is 11.5 Å². The molecule has 1 aromatic rings. The topological polar surface area (TPSA) is 55.8 Å². The first kappa shape index (κ1) is 15.3. The average molecular weight is 266 g/mol. The van der Waals surface area contributed by atoms with E-state index in [2.05, 4.69) is 13.8 Å². The fraction of sp³-hybridized carbons (Fsp3) is 0.533. The van der Waals surface area contributed by atoms with Crippen molar-refractivity contribution in [2.75, 3.05) is 13.7 Å². The quantitative estimate of drug-likeness (QED) is 0.767. The van der Waals surface area contributed by atoms with E-state index in [9.17, 15) is 4.79 Å². The molecule has 1 aromatic carbocycles. The van der Waals surface area contributed by atoms with E-state index < -0.39 is 5.97 Å². The van der Waals surface area contributed by atoms with Gasteiger partial charge in [-0.2, -0.15) is 0 Å². The second kappa shape index (κ2) is 7.02. The van der Waals surface area contributed by atoms with Crippen LogP contribution in [0.4, 0.5) is 0 Å². The summed E-state index contributed by atoms with van der Waals surface area (Å²) in [6.07, 6.45) is 2.02. The minimum Gasteiger partial charge on any atom is -0.493 e. The Morgan fingerprint density at radius 2 is 2.00 bits per heavy atom. The molecule has 0 saturated heterocycles. The Balaban J connectivity index is 2.80. The van der Waals surface area contributed by atoms with Gasteiger partial charge in [0, 0.05) is 0 Å². The third-order valence-corrected chi connectivity index (χ3v) is 2.92. The zero-order chi connectivity index (χ0) is 14.4. The lowest BCUT2D eigenvalue weighted by atomic mass is 10.1. The van der Waals surface area contributed by atoms with Gasteiger partial charge in [0.05, 0.1) is 19.3 Å². The summed E-state index contributed by atoms with van der Waals surface area (Å²) in [7, 11) is 1.55. The average Bonchev–Trinajstić information content (AvgIpc) is 2.34. The standard InChI is InChI=1S/C15H22O4/c1-10(2)6-5-7-19-14-9-12(15(16)17)11(3)8-13(14)18-4/h8-10H,5-7H2,1-4H3,(H,16,17). The van der Waals surface area contributed by atoms with E-state index >= 15 is 0 Å². The van der Waals surface area contributed by atoms with Crippen molar-refractivity contribution >= 4 is 5.97 Å². The Morgan fingerprint density at radius 3 is 2.53 bits per heavy atom. The van der Waals surface area contributed by atoms with Crippen LogP contribution in [0.25, 0.3) is 0 Å². The molecule has 0 aliphatic rings. The van der Waals surface area contributed by atoms with Crippen molar-refractivity contribution < 1.29 is 19.4 Å². The molecule has 1 N–H and O–H groups in total. The van der Waals surface area contributed by atoms with Gasteiger partial charge in [-0.3, -0.25) is 0 Å². The van der Waals surface area contributed by atoms with Crippen LogP contribution in [-0.2, 0) is 0 Å². The summed E-state index contributed by atoms with van der Waals surface area (Å²) in [5, 5.41) is 9.10. The highest BCUT2D eigenvalue weighted by Gasteiger charge is 2.13. The maximum Gasteiger partial charge on any atom is 0.336 e. The molecular formula is C15H22O4. The first-order valence-corrected chi connectivity index (χ1v) is 6.50. The van der Waals surface area contributed by atoms with E-state index in [1.165, 1.54) is 6.07 Å². The summed E-state index contributed by atoms with van der Waals surface area (Å²) in [5.74, 6) is 0.756. The van der Waals surface area contributed by atoms with Crippen molar-refractivity contribution in [1.82, 2.24) is 0 Å². The molecule has 0 aromatic heterocycles. The highest BCUT2D eigenvalue weighted by molar-refractivity contribution is 5.90. The van der Waals surface area contributed by atoms with Crippen LogP contribution in [0.2, 0.25) is 0 Å². The van der Waals surface area contributed by atoms with Crippen molar-refractivity contribution in [2.24, 2.45) is 5.92 Å². The normalized spacial score (nSPS) is 10.6. The summed E-state index contributed by atoms with van der Waals surface area (Å²) >= 11 is 0. The molecule has 0 radical (unpaired) electrons. The van der Waals surface area contributed by atoms with Crippen molar-refractivity contribution in [1.29, 1.82) is 0 Å². The lowest BCUT2D eigenvalue weighted by Gasteiger charge is -2.13. The van der Waals surface area contributed by atoms with Gasteiger partial charge in [0.25, 0.3) is 0 Å². The summed E-state index contributed by atoms with van der Waals surface area (Å²) in [5.41, 5.74) is 0.915. The predicted octanol–water partition coefficient (Wildman–Crippen LogP) is 3.52. The number of hydrogen-bond acceptors (Lipinski definition) is 3. The molecule has 0 aliphatic carbocycles. The maximum atomic E-state index is 11.1. The summed E-state index contributed by atoms with van der Waals surface area (Å²) in [4.78, 5) is 11.1. The van der Waals surface area contributed by atoms with Crippen molar-refractivity contribution in [2.45, 2.75) is 33.6 Å². The maximum absolute atomic E-state index is 11.1. The zero-order valence-corrected chi connectivity index (χ0v) is 12.0. The number of methoxy groups -OCH3 is 1. The number of carboxylic acid groups (broad SMARTS) is 1. The van der Waals surface area contributed by atoms with E-state index in [1.54, 1.807) is 20.1 Å². The molecule has 0 unspecified atom stereocenters. The van der Waals surface area contributed by atoms with E-state index in [0.717, 1.165) is 12.8 Å². The molecule has 0 fully saturated rings. The number of carbonyl (C=O) groups is 1. The molecular weight excluding hydrogens is 244 g/mol. The Hall–Kier alpha value is -1.71. The molecule has 1 rings (SSSR count). The molecule has 0 amide bonds. The lowest BCUT2D eigenvalue weighted by molar-refractivity contribution is 0.0695. The van der Waals surface area contributed by atoms with Gasteiger partial charge < -0.3 is 14.6 Å². The molecule has 0 aliphatic heterocycles. The van der Waals surface area contributed by atoms with E-state index in [-0.39, 0.29) is 5.56 Å². The number of aryl methyl sites for hydroxylation is 1. The van der Waals surface area contributed by atoms with Crippen molar-refractivity contribution in [3.63, 3.8) is 0 Å². The van der Waals surface area contributed by atoms with Gasteiger partial charge >= 0.3 is 5.97 Å². The SMILES string of the molecule is COc1cc(C)c(C(=O)O)cc1OCCCC(C)C. The molecule has 4 heteroatoms. The Morgan fingerprint density at radius 1 is 1.32 bits per heavy atom. The predicted molar refractivity (Wildman–Crippen MR) is 74.3 cm³/mol. The third-order valence-electron chi connectivity index (χ3n) is 2.92. The minimum atomic E-state index is -0.952. The number of carboxylic acids is 1. The Labute approximate surface area is 114 Å². The molecule has 106 valence electrons. The summed E-state index contributed by atoms with van der Waals surface area (Å²) < 4.78 is 10.9. The van der Waals surface area contributed by atoms with Crippen LogP contribution in [0.15, 0.2) is 12.1 Å². The molecule has 0 spiro atoms. The van der Waals surface area contributed by atoms with Crippen LogP contribution in [0.3, 0.4) is 0 Å². The molecule has 19 heavy (non-hydrogen) atoms. The van der Waals surface area contributed by atoms with Gasteiger partial charge in [-0.15, -0.1) is 0 Å². The van der Waals surface area contributed by atoms with E-state index in [0.29, 0.717) is 29.6 Å².